The van der Waals surface area contributed by atoms with E-state index in [1.807, 2.05) is 0 Å². The molecule has 0 unspecified atom stereocenters. The third kappa shape index (κ3) is 2.47. The molecule has 1 saturated heterocycles. The summed E-state index contributed by atoms with van der Waals surface area (Å²) < 4.78 is 38.8. The number of carbonyl (C=O) groups excluding carboxylic acids is 1. The number of nitrogens with one attached hydrogen (secondary N) is 2. The average molecular weight is 316 g/mol. The number of nitro groups is 1. The topological polar surface area (TPSA) is 99.3 Å². The molecule has 7 nitrogen and oxygen atoms in total. The van der Waals surface area contributed by atoms with Gasteiger partial charge in [-0.1, -0.05) is 0 Å². The Bertz CT molecular complexity index is 685. The van der Waals surface area contributed by atoms with Crippen molar-refractivity contribution in [3.05, 3.63) is 33.9 Å². The maximum atomic E-state index is 12.9. The summed E-state index contributed by atoms with van der Waals surface area (Å²) in [6, 6.07) is 1.40. The first-order valence-electron chi connectivity index (χ1n) is 6.02. The summed E-state index contributed by atoms with van der Waals surface area (Å²) in [6.45, 7) is 3.03. The number of amidine groups is 1. The lowest BCUT2D eigenvalue weighted by Crippen LogP contribution is -2.39. The summed E-state index contributed by atoms with van der Waals surface area (Å²) in [7, 11) is 0. The molecule has 0 spiro atoms. The number of nitrogens with zero attached hydrogens (tertiary/aromatic N) is 2. The molecule has 10 heteroatoms. The van der Waals surface area contributed by atoms with Crippen LogP contribution in [0.2, 0.25) is 0 Å². The second-order valence-corrected chi connectivity index (χ2v) is 5.20. The van der Waals surface area contributed by atoms with Gasteiger partial charge < -0.3 is 5.32 Å². The fraction of sp³-hybridized carbons (Fsp3) is 0.333. The molecule has 2 amide bonds. The van der Waals surface area contributed by atoms with Crippen molar-refractivity contribution in [2.24, 2.45) is 0 Å². The largest absolute Gasteiger partial charge is 0.423 e. The third-order valence-electron chi connectivity index (χ3n) is 3.18. The van der Waals surface area contributed by atoms with Crippen LogP contribution in [0.5, 0.6) is 0 Å². The molecule has 2 rings (SSSR count). The molecular weight excluding hydrogens is 305 g/mol. The van der Waals surface area contributed by atoms with Gasteiger partial charge >= 0.3 is 12.2 Å². The Morgan fingerprint density at radius 3 is 2.36 bits per heavy atom. The van der Waals surface area contributed by atoms with Gasteiger partial charge in [-0.3, -0.25) is 15.5 Å². The van der Waals surface area contributed by atoms with E-state index in [-0.39, 0.29) is 11.5 Å². The summed E-state index contributed by atoms with van der Waals surface area (Å²) in [6.07, 6.45) is -4.95. The smallest absolute Gasteiger partial charge is 0.325 e. The van der Waals surface area contributed by atoms with Crippen LogP contribution in [0.15, 0.2) is 18.2 Å². The molecule has 0 bridgehead atoms. The third-order valence-corrected chi connectivity index (χ3v) is 3.18. The number of halogens is 3. The lowest BCUT2D eigenvalue weighted by molar-refractivity contribution is -0.388. The summed E-state index contributed by atoms with van der Waals surface area (Å²) in [5.41, 5.74) is -3.88. The number of benzene rings is 1. The van der Waals surface area contributed by atoms with Gasteiger partial charge in [-0.2, -0.15) is 13.2 Å². The van der Waals surface area contributed by atoms with E-state index in [4.69, 9.17) is 5.41 Å². The first-order chi connectivity index (χ1) is 9.95. The molecule has 1 fully saturated rings. The van der Waals surface area contributed by atoms with Gasteiger partial charge in [0.15, 0.2) is 0 Å². The van der Waals surface area contributed by atoms with Gasteiger partial charge in [0.05, 0.1) is 16.1 Å². The van der Waals surface area contributed by atoms with Crippen LogP contribution in [0.3, 0.4) is 0 Å². The summed E-state index contributed by atoms with van der Waals surface area (Å²) in [5.74, 6) is -0.250. The van der Waals surface area contributed by atoms with Gasteiger partial charge in [0.2, 0.25) is 0 Å². The predicted octanol–water partition coefficient (Wildman–Crippen LogP) is 2.90. The molecular formula is C12H11F3N4O3. The molecule has 0 atom stereocenters. The number of nitro benzene ring substituents is 1. The second-order valence-electron chi connectivity index (χ2n) is 5.20. The molecule has 1 aromatic carbocycles. The molecule has 0 radical (unpaired) electrons. The van der Waals surface area contributed by atoms with Crippen LogP contribution in [0.1, 0.15) is 19.4 Å². The zero-order chi connectivity index (χ0) is 16.9. The van der Waals surface area contributed by atoms with Crippen molar-refractivity contribution in [1.82, 2.24) is 5.32 Å². The summed E-state index contributed by atoms with van der Waals surface area (Å²) in [5, 5.41) is 21.0. The molecule has 22 heavy (non-hydrogen) atoms. The minimum Gasteiger partial charge on any atom is -0.325 e. The second kappa shape index (κ2) is 4.68. The molecule has 0 aromatic heterocycles. The maximum absolute atomic E-state index is 12.9. The number of alkyl halides is 3. The van der Waals surface area contributed by atoms with E-state index in [9.17, 15) is 28.1 Å². The molecule has 1 heterocycles. The van der Waals surface area contributed by atoms with E-state index in [0.29, 0.717) is 12.1 Å². The summed E-state index contributed by atoms with van der Waals surface area (Å²) in [4.78, 5) is 22.1. The van der Waals surface area contributed by atoms with Crippen LogP contribution in [-0.4, -0.2) is 22.3 Å². The minimum atomic E-state index is -4.95. The molecule has 2 N–H and O–H groups in total. The number of urea groups is 1. The highest BCUT2D eigenvalue weighted by Gasteiger charge is 2.44. The number of anilines is 1. The SMILES string of the molecule is CC1(C)NC(=O)N(c2ccc([N+](=O)[O-])c(C(F)(F)F)c2)C1=N. The van der Waals surface area contributed by atoms with E-state index >= 15 is 0 Å². The maximum Gasteiger partial charge on any atom is 0.423 e. The van der Waals surface area contributed by atoms with Crippen molar-refractivity contribution in [2.75, 3.05) is 4.90 Å². The van der Waals surface area contributed by atoms with Crippen molar-refractivity contribution in [3.8, 4) is 0 Å². The van der Waals surface area contributed by atoms with Gasteiger partial charge in [-0.15, -0.1) is 0 Å². The van der Waals surface area contributed by atoms with E-state index in [0.717, 1.165) is 11.0 Å². The predicted molar refractivity (Wildman–Crippen MR) is 70.9 cm³/mol. The Morgan fingerprint density at radius 1 is 1.36 bits per heavy atom. The number of hydrogen-bond acceptors (Lipinski definition) is 4. The van der Waals surface area contributed by atoms with Crippen molar-refractivity contribution in [1.29, 1.82) is 5.41 Å². The molecule has 1 aliphatic rings. The van der Waals surface area contributed by atoms with Gasteiger partial charge in [-0.25, -0.2) is 9.69 Å². The first-order valence-corrected chi connectivity index (χ1v) is 6.02. The van der Waals surface area contributed by atoms with Crippen molar-refractivity contribution >= 4 is 23.2 Å². The van der Waals surface area contributed by atoms with Crippen LogP contribution < -0.4 is 10.2 Å². The van der Waals surface area contributed by atoms with E-state index < -0.39 is 33.9 Å². The highest BCUT2D eigenvalue weighted by molar-refractivity contribution is 6.24. The normalized spacial score (nSPS) is 17.6. The molecule has 0 saturated carbocycles. The van der Waals surface area contributed by atoms with Gasteiger partial charge in [0.25, 0.3) is 5.69 Å². The Labute approximate surface area is 122 Å². The highest BCUT2D eigenvalue weighted by atomic mass is 19.4. The first kappa shape index (κ1) is 15.7. The number of carbonyl (C=O) groups is 1. The van der Waals surface area contributed by atoms with Gasteiger partial charge in [0.1, 0.15) is 11.4 Å². The molecule has 0 aliphatic carbocycles. The monoisotopic (exact) mass is 316 g/mol. The van der Waals surface area contributed by atoms with Gasteiger partial charge in [0, 0.05) is 6.07 Å². The minimum absolute atomic E-state index is 0.250. The molecule has 1 aliphatic heterocycles. The Kier molecular flexibility index (Phi) is 3.35. The van der Waals surface area contributed by atoms with Crippen LogP contribution in [-0.2, 0) is 6.18 Å². The number of rotatable bonds is 2. The van der Waals surface area contributed by atoms with Crippen LogP contribution >= 0.6 is 0 Å². The fourth-order valence-corrected chi connectivity index (χ4v) is 2.06. The Morgan fingerprint density at radius 2 is 1.95 bits per heavy atom. The van der Waals surface area contributed by atoms with Gasteiger partial charge in [-0.05, 0) is 26.0 Å². The quantitative estimate of drug-likeness (QED) is 0.648. The Balaban J connectivity index is 2.57. The van der Waals surface area contributed by atoms with E-state index in [1.54, 1.807) is 0 Å². The zero-order valence-corrected chi connectivity index (χ0v) is 11.5. The summed E-state index contributed by atoms with van der Waals surface area (Å²) >= 11 is 0. The standard InChI is InChI=1S/C12H11F3N4O3/c1-11(2)9(16)18(10(20)17-11)6-3-4-8(19(21)22)7(5-6)12(13,14)15/h3-5,16H,1-2H3,(H,17,20). The average Bonchev–Trinajstić information content (AvgIpc) is 2.56. The van der Waals surface area contributed by atoms with Crippen molar-refractivity contribution in [2.45, 2.75) is 25.6 Å². The zero-order valence-electron chi connectivity index (χ0n) is 11.5. The van der Waals surface area contributed by atoms with E-state index in [2.05, 4.69) is 5.32 Å². The number of amides is 2. The highest BCUT2D eigenvalue weighted by Crippen LogP contribution is 2.39. The van der Waals surface area contributed by atoms with Crippen LogP contribution in [0.4, 0.5) is 29.3 Å². The lowest BCUT2D eigenvalue weighted by Gasteiger charge is -2.20. The van der Waals surface area contributed by atoms with Crippen molar-refractivity contribution < 1.29 is 22.9 Å². The van der Waals surface area contributed by atoms with Crippen molar-refractivity contribution in [3.63, 3.8) is 0 Å². The number of hydrogen-bond donors (Lipinski definition) is 2. The Hall–Kier alpha value is -2.65. The molecule has 118 valence electrons. The fourth-order valence-electron chi connectivity index (χ4n) is 2.06. The molecule has 1 aromatic rings. The van der Waals surface area contributed by atoms with Crippen LogP contribution in [0.25, 0.3) is 0 Å². The van der Waals surface area contributed by atoms with Crippen LogP contribution in [0, 0.1) is 15.5 Å². The van der Waals surface area contributed by atoms with E-state index in [1.165, 1.54) is 13.8 Å². The lowest BCUT2D eigenvalue weighted by atomic mass is 10.1.